The Bertz CT molecular complexity index is 5450. The molecule has 6 N–H and O–H groups in total. The summed E-state index contributed by atoms with van der Waals surface area (Å²) < 4.78 is 0. The van der Waals surface area contributed by atoms with E-state index in [-0.39, 0.29) is 71.5 Å². The fourth-order valence-corrected chi connectivity index (χ4v) is 21.0. The average Bonchev–Trinajstić information content (AvgIpc) is 0.763. The lowest BCUT2D eigenvalue weighted by Gasteiger charge is -2.26. The van der Waals surface area contributed by atoms with Gasteiger partial charge < -0.3 is 30.6 Å². The van der Waals surface area contributed by atoms with Crippen LogP contribution in [0.5, 0.6) is 35.3 Å². The molecule has 0 spiro atoms. The van der Waals surface area contributed by atoms with Crippen LogP contribution in [-0.2, 0) is 0 Å². The molecule has 12 bridgehead atoms. The van der Waals surface area contributed by atoms with Crippen LogP contribution in [0.3, 0.4) is 0 Å². The summed E-state index contributed by atoms with van der Waals surface area (Å²) in [4.78, 5) is 62.2. The van der Waals surface area contributed by atoms with Crippen molar-refractivity contribution in [2.45, 2.75) is 238 Å². The summed E-state index contributed by atoms with van der Waals surface area (Å²) in [6.07, 6.45) is 20.1. The Morgan fingerprint density at radius 1 is 0.183 bits per heavy atom. The van der Waals surface area contributed by atoms with Crippen molar-refractivity contribution in [2.24, 2.45) is 30.0 Å². The zero-order valence-corrected chi connectivity index (χ0v) is 75.9. The highest BCUT2D eigenvalue weighted by Crippen LogP contribution is 2.47. The second-order valence-electron chi connectivity index (χ2n) is 36.3. The van der Waals surface area contributed by atoms with Crippen LogP contribution < -0.4 is 0 Å². The first-order chi connectivity index (χ1) is 60.3. The Hall–Kier alpha value is -13.0. The van der Waals surface area contributed by atoms with Gasteiger partial charge in [0.15, 0.2) is 0 Å². The van der Waals surface area contributed by atoms with Gasteiger partial charge in [0.2, 0.25) is 35.3 Å². The molecular weight excluding hydrogens is 1560 g/mol. The Morgan fingerprint density at radius 2 is 0.302 bits per heavy atom. The van der Waals surface area contributed by atoms with Crippen molar-refractivity contribution < 1.29 is 30.6 Å². The van der Waals surface area contributed by atoms with E-state index in [1.165, 1.54) is 0 Å². The van der Waals surface area contributed by atoms with Crippen molar-refractivity contribution in [3.63, 3.8) is 0 Å². The number of nitrogens with zero attached hydrogens (tertiary/aromatic N) is 12. The maximum Gasteiger partial charge on any atom is 0.221 e. The minimum absolute atomic E-state index is 0.267. The molecule has 0 unspecified atom stereocenters. The minimum Gasteiger partial charge on any atom is -0.493 e. The van der Waals surface area contributed by atoms with Gasteiger partial charge in [-0.25, -0.2) is 29.9 Å². The summed E-state index contributed by atoms with van der Waals surface area (Å²) in [5.74, 6) is -1.60. The summed E-state index contributed by atoms with van der Waals surface area (Å²) in [6, 6.07) is 35.2. The van der Waals surface area contributed by atoms with E-state index in [9.17, 15) is 30.6 Å². The van der Waals surface area contributed by atoms with Crippen LogP contribution in [0.15, 0.2) is 139 Å². The third-order valence-corrected chi connectivity index (χ3v) is 26.1. The maximum atomic E-state index is 12.8. The molecule has 12 aromatic rings. The Balaban J connectivity index is 0.906. The molecule has 18 heteroatoms. The molecule has 642 valence electrons. The molecule has 6 aromatic carbocycles. The molecule has 0 saturated heterocycles. The lowest BCUT2D eigenvalue weighted by Crippen LogP contribution is -2.27. The zero-order chi connectivity index (χ0) is 89.1. The van der Waals surface area contributed by atoms with Gasteiger partial charge in [-0.05, 0) is 333 Å². The number of aromatic hydroxyl groups is 6. The first-order valence-electron chi connectivity index (χ1n) is 44.4. The van der Waals surface area contributed by atoms with E-state index in [0.717, 1.165) is 172 Å². The van der Waals surface area contributed by atoms with Gasteiger partial charge in [0.05, 0.1) is 104 Å². The second-order valence-corrected chi connectivity index (χ2v) is 36.3. The van der Waals surface area contributed by atoms with Crippen LogP contribution in [0.1, 0.15) is 211 Å². The van der Waals surface area contributed by atoms with Gasteiger partial charge in [0, 0.05) is 37.3 Å². The van der Waals surface area contributed by atoms with Crippen LogP contribution in [0.25, 0.3) is 101 Å². The first-order valence-corrected chi connectivity index (χ1v) is 44.4. The number of aromatic nitrogens is 6. The number of aliphatic imine (C=N–C) groups is 6. The topological polar surface area (TPSA) is 273 Å². The highest BCUT2D eigenvalue weighted by Gasteiger charge is 2.33. The third kappa shape index (κ3) is 17.4. The molecule has 6 aromatic heterocycles. The largest absolute Gasteiger partial charge is 0.493 e. The molecule has 18 nitrogen and oxygen atoms in total. The van der Waals surface area contributed by atoms with E-state index in [1.54, 1.807) is 37.3 Å². The third-order valence-electron chi connectivity index (χ3n) is 26.1. The molecule has 3 aliphatic carbocycles. The van der Waals surface area contributed by atoms with E-state index in [2.05, 4.69) is 197 Å². The molecule has 6 atom stereocenters. The molecule has 12 aliphatic heterocycles. The summed E-state index contributed by atoms with van der Waals surface area (Å²) in [6.45, 7) is 37.3. The lowest BCUT2D eigenvalue weighted by atomic mass is 9.88. The summed E-state index contributed by atoms with van der Waals surface area (Å²) >= 11 is 0. The molecule has 126 heavy (non-hydrogen) atoms. The quantitative estimate of drug-likeness (QED) is 0.0907. The van der Waals surface area contributed by atoms with Crippen LogP contribution in [0.4, 0.5) is 0 Å². The normalized spacial score (nSPS) is 17.9. The fourth-order valence-electron chi connectivity index (χ4n) is 21.0. The van der Waals surface area contributed by atoms with Gasteiger partial charge in [0.1, 0.15) is 0 Å². The monoisotopic (exact) mass is 1670 g/mol. The number of hydrogen-bond acceptors (Lipinski definition) is 18. The number of aryl methyl sites for hydroxylation is 18. The van der Waals surface area contributed by atoms with Crippen molar-refractivity contribution in [1.82, 2.24) is 29.9 Å². The van der Waals surface area contributed by atoms with E-state index in [4.69, 9.17) is 59.9 Å². The summed E-state index contributed by atoms with van der Waals surface area (Å²) in [7, 11) is 0. The van der Waals surface area contributed by atoms with Crippen LogP contribution in [0, 0.1) is 125 Å². The number of hydrogen-bond donors (Lipinski definition) is 6. The summed E-state index contributed by atoms with van der Waals surface area (Å²) in [5, 5.41) is 76.5. The van der Waals surface area contributed by atoms with Crippen molar-refractivity contribution >= 4 is 37.3 Å². The molecular formula is C108H114N12O6. The number of rotatable bonds is 6. The lowest BCUT2D eigenvalue weighted by molar-refractivity contribution is 0.390. The summed E-state index contributed by atoms with van der Waals surface area (Å²) in [5.41, 5.74) is 32.3. The Morgan fingerprint density at radius 3 is 0.421 bits per heavy atom. The number of pyridine rings is 6. The van der Waals surface area contributed by atoms with Gasteiger partial charge >= 0.3 is 0 Å². The predicted octanol–water partition coefficient (Wildman–Crippen LogP) is 23.7. The van der Waals surface area contributed by atoms with Gasteiger partial charge in [-0.1, -0.05) is 145 Å². The SMILES string of the molecule is Cc1cc(C)c(-c2cc3nc(O)c2C=N[C@@H]2CCCC[C@H]2N=Cc2c(-c4c(C)cc(C)cc4C)cc(nc2O)-c2cc(-c4c(C)cc(C)cc4C)c(c(O)n2)C=N[C@@H]2CCCC[C@H]2N=Cc2c(-c4c(C)cc(C)cc4C)cc(nc2O)-c2cc(-c4c(C)cc(C)cc4C)c(c(O)n2)C=N[C@@H]2CCCC[C@H]2N=Cc2c(-c4c(C)cc(C)cc4C)cc-3nc2O)c(C)c1. The molecule has 27 rings (SSSR count). The van der Waals surface area contributed by atoms with Gasteiger partial charge in [-0.2, -0.15) is 0 Å². The highest BCUT2D eigenvalue weighted by molar-refractivity contribution is 6.02. The highest BCUT2D eigenvalue weighted by atomic mass is 16.3. The van der Waals surface area contributed by atoms with Crippen LogP contribution in [-0.4, -0.2) is 134 Å². The van der Waals surface area contributed by atoms with E-state index >= 15 is 0 Å². The van der Waals surface area contributed by atoms with Crippen molar-refractivity contribution in [2.75, 3.05) is 0 Å². The molecule has 15 aliphatic rings. The van der Waals surface area contributed by atoms with E-state index < -0.39 is 0 Å². The molecule has 0 radical (unpaired) electrons. The van der Waals surface area contributed by atoms with Crippen molar-refractivity contribution in [3.05, 3.63) is 243 Å². The predicted molar refractivity (Wildman–Crippen MR) is 514 cm³/mol. The zero-order valence-electron chi connectivity index (χ0n) is 75.9. The average molecular weight is 1680 g/mol. The second kappa shape index (κ2) is 35.6. The molecule has 3 fully saturated rings. The molecule has 0 amide bonds. The standard InChI is InChI=1S/C108H114N12O6/c1-55-31-61(7)97(62(8)32-55)73-43-91-92-44-74(98-63(9)33-56(2)34-64(98)10)80(104(122)116-92)50-111-87-27-21-22-28-88(87)112-52-82-77(101-69(15)39-59(5)40-70(101)16)47-95(119-106(82)124)96-48-78(102-71(17)41-60(6)42-72(102)18)84(108(126)120-96)54-114-90-30-24-23-29-89(90)113-53-83-76(100-67(13)37-58(4)38-68(100)14)46-94(118-107(83)125)93-45-75(99-65(11)35-57(3)36-66(99)12)81(105(123)117-93)51-110-86-26-20-19-25-85(86)109-49-79(73)103(121)115-91/h31-54,85-90H,19-30H2,1-18H3,(H,115,121)(H,116,122)(H,117,123)(H,118,125)(H,119,124)(H,120,126)/t85-,86-,87-,88-,89-,90-/m1/s1. The van der Waals surface area contributed by atoms with Crippen LogP contribution in [0.2, 0.25) is 0 Å². The fraction of sp³-hybridized carbons (Fsp3) is 0.333. The van der Waals surface area contributed by atoms with Crippen molar-refractivity contribution in [1.29, 1.82) is 0 Å². The minimum atomic E-state index is -0.345. The van der Waals surface area contributed by atoms with E-state index in [0.29, 0.717) is 139 Å². The van der Waals surface area contributed by atoms with Crippen molar-refractivity contribution in [3.8, 4) is 136 Å². The maximum absolute atomic E-state index is 12.8. The number of benzene rings is 6. The Labute approximate surface area is 740 Å². The van der Waals surface area contributed by atoms with Gasteiger partial charge in [-0.3, -0.25) is 30.0 Å². The molecule has 18 heterocycles. The smallest absolute Gasteiger partial charge is 0.221 e. The first kappa shape index (κ1) is 86.6. The molecule has 3 saturated carbocycles. The van der Waals surface area contributed by atoms with Crippen LogP contribution >= 0.6 is 0 Å². The van der Waals surface area contributed by atoms with Gasteiger partial charge in [0.25, 0.3) is 0 Å². The van der Waals surface area contributed by atoms with E-state index in [1.807, 2.05) is 36.4 Å². The Kier molecular flexibility index (Phi) is 24.4. The van der Waals surface area contributed by atoms with Gasteiger partial charge in [-0.15, -0.1) is 0 Å².